The average molecular weight is 261 g/mol. The molecule has 0 bridgehead atoms. The van der Waals surface area contributed by atoms with Crippen LogP contribution in [0.5, 0.6) is 0 Å². The molecule has 4 nitrogen and oxygen atoms in total. The Morgan fingerprint density at radius 2 is 1.78 bits per heavy atom. The quantitative estimate of drug-likeness (QED) is 0.738. The van der Waals surface area contributed by atoms with Crippen molar-refractivity contribution >= 4 is 12.2 Å². The SMILES string of the molecule is Cc1ccccc1-n1c(=O)n2n(c1=S)CCCC2. The average Bonchev–Trinajstić information content (AvgIpc) is 2.64. The van der Waals surface area contributed by atoms with E-state index >= 15 is 0 Å². The first-order valence-electron chi connectivity index (χ1n) is 6.19. The second kappa shape index (κ2) is 4.24. The molecule has 1 aromatic carbocycles. The summed E-state index contributed by atoms with van der Waals surface area (Å²) in [4.78, 5) is 12.4. The summed E-state index contributed by atoms with van der Waals surface area (Å²) in [7, 11) is 0. The maximum Gasteiger partial charge on any atom is 0.349 e. The van der Waals surface area contributed by atoms with E-state index in [0.29, 0.717) is 4.77 Å². The summed E-state index contributed by atoms with van der Waals surface area (Å²) in [6.07, 6.45) is 2.14. The highest BCUT2D eigenvalue weighted by Crippen LogP contribution is 2.14. The Morgan fingerprint density at radius 1 is 1.11 bits per heavy atom. The van der Waals surface area contributed by atoms with Crippen LogP contribution in [0.25, 0.3) is 5.69 Å². The molecule has 0 fully saturated rings. The maximum absolute atomic E-state index is 12.4. The van der Waals surface area contributed by atoms with E-state index in [4.69, 9.17) is 12.2 Å². The fourth-order valence-corrected chi connectivity index (χ4v) is 2.86. The van der Waals surface area contributed by atoms with Crippen LogP contribution < -0.4 is 5.69 Å². The van der Waals surface area contributed by atoms with Crippen LogP contribution in [0, 0.1) is 11.7 Å². The van der Waals surface area contributed by atoms with Crippen molar-refractivity contribution < 1.29 is 0 Å². The van der Waals surface area contributed by atoms with Crippen LogP contribution in [0.1, 0.15) is 18.4 Å². The van der Waals surface area contributed by atoms with Gasteiger partial charge >= 0.3 is 5.69 Å². The van der Waals surface area contributed by atoms with Gasteiger partial charge in [-0.2, -0.15) is 0 Å². The van der Waals surface area contributed by atoms with Crippen molar-refractivity contribution in [2.45, 2.75) is 32.9 Å². The molecule has 2 aromatic rings. The van der Waals surface area contributed by atoms with E-state index in [2.05, 4.69) is 0 Å². The van der Waals surface area contributed by atoms with Crippen molar-refractivity contribution in [1.82, 2.24) is 13.9 Å². The number of para-hydroxylation sites is 1. The largest absolute Gasteiger partial charge is 0.349 e. The fraction of sp³-hybridized carbons (Fsp3) is 0.385. The molecule has 18 heavy (non-hydrogen) atoms. The molecule has 1 aliphatic heterocycles. The van der Waals surface area contributed by atoms with Gasteiger partial charge in [0.15, 0.2) is 0 Å². The number of aryl methyl sites for hydroxylation is 1. The lowest BCUT2D eigenvalue weighted by atomic mass is 10.2. The Morgan fingerprint density at radius 3 is 2.44 bits per heavy atom. The first kappa shape index (κ1) is 11.5. The molecule has 5 heteroatoms. The number of benzene rings is 1. The van der Waals surface area contributed by atoms with Gasteiger partial charge < -0.3 is 0 Å². The minimum atomic E-state index is -0.0194. The molecule has 0 radical (unpaired) electrons. The Labute approximate surface area is 110 Å². The summed E-state index contributed by atoms with van der Waals surface area (Å²) in [6.45, 7) is 3.60. The molecular formula is C13H15N3OS. The van der Waals surface area contributed by atoms with Crippen molar-refractivity contribution in [3.63, 3.8) is 0 Å². The molecule has 1 aromatic heterocycles. The Kier molecular flexibility index (Phi) is 2.70. The molecule has 0 unspecified atom stereocenters. The monoisotopic (exact) mass is 261 g/mol. The number of aromatic nitrogens is 3. The lowest BCUT2D eigenvalue weighted by Gasteiger charge is -2.14. The maximum atomic E-state index is 12.4. The molecule has 94 valence electrons. The highest BCUT2D eigenvalue weighted by Gasteiger charge is 2.17. The van der Waals surface area contributed by atoms with E-state index in [9.17, 15) is 4.79 Å². The molecule has 0 aliphatic carbocycles. The zero-order valence-corrected chi connectivity index (χ0v) is 11.1. The lowest BCUT2D eigenvalue weighted by molar-refractivity contribution is 0.352. The normalized spacial score (nSPS) is 14.5. The summed E-state index contributed by atoms with van der Waals surface area (Å²) >= 11 is 5.45. The topological polar surface area (TPSA) is 31.9 Å². The molecular weight excluding hydrogens is 246 g/mol. The van der Waals surface area contributed by atoms with Crippen LogP contribution in [0.4, 0.5) is 0 Å². The summed E-state index contributed by atoms with van der Waals surface area (Å²) < 4.78 is 5.94. The molecule has 1 aliphatic rings. The predicted molar refractivity (Wildman–Crippen MR) is 72.8 cm³/mol. The summed E-state index contributed by atoms with van der Waals surface area (Å²) in [5.74, 6) is 0. The van der Waals surface area contributed by atoms with Gasteiger partial charge in [-0.15, -0.1) is 0 Å². The molecule has 0 saturated carbocycles. The van der Waals surface area contributed by atoms with E-state index in [0.717, 1.165) is 37.2 Å². The van der Waals surface area contributed by atoms with Crippen LogP contribution in [-0.4, -0.2) is 13.9 Å². The van der Waals surface area contributed by atoms with Gasteiger partial charge in [0.2, 0.25) is 4.77 Å². The van der Waals surface area contributed by atoms with Crippen molar-refractivity contribution in [3.8, 4) is 5.69 Å². The molecule has 3 rings (SSSR count). The zero-order chi connectivity index (χ0) is 12.7. The molecule has 0 spiro atoms. The Bertz CT molecular complexity index is 670. The van der Waals surface area contributed by atoms with Crippen LogP contribution in [0.15, 0.2) is 29.1 Å². The van der Waals surface area contributed by atoms with Gasteiger partial charge in [0, 0.05) is 13.1 Å². The standard InChI is InChI=1S/C13H15N3OS/c1-10-6-2-3-7-11(10)16-12(17)14-8-4-5-9-15(14)13(16)18/h2-3,6-7H,4-5,8-9H2,1H3. The number of fused-ring (bicyclic) bond motifs is 1. The first-order valence-corrected chi connectivity index (χ1v) is 6.59. The second-order valence-corrected chi connectivity index (χ2v) is 5.01. The molecule has 2 heterocycles. The smallest absolute Gasteiger partial charge is 0.256 e. The van der Waals surface area contributed by atoms with E-state index in [1.807, 2.05) is 35.9 Å². The van der Waals surface area contributed by atoms with Gasteiger partial charge in [-0.1, -0.05) is 18.2 Å². The first-order chi connectivity index (χ1) is 8.70. The van der Waals surface area contributed by atoms with Crippen LogP contribution in [0.2, 0.25) is 0 Å². The van der Waals surface area contributed by atoms with Crippen LogP contribution >= 0.6 is 12.2 Å². The van der Waals surface area contributed by atoms with Crippen molar-refractivity contribution in [3.05, 3.63) is 45.1 Å². The van der Waals surface area contributed by atoms with Crippen LogP contribution in [0.3, 0.4) is 0 Å². The minimum Gasteiger partial charge on any atom is -0.256 e. The van der Waals surface area contributed by atoms with E-state index in [-0.39, 0.29) is 5.69 Å². The lowest BCUT2D eigenvalue weighted by Crippen LogP contribution is -2.29. The third kappa shape index (κ3) is 1.58. The molecule has 0 atom stereocenters. The number of hydrogen-bond acceptors (Lipinski definition) is 2. The van der Waals surface area contributed by atoms with Gasteiger partial charge in [-0.3, -0.25) is 4.68 Å². The second-order valence-electron chi connectivity index (χ2n) is 4.64. The third-order valence-corrected chi connectivity index (χ3v) is 3.86. The van der Waals surface area contributed by atoms with Crippen molar-refractivity contribution in [2.24, 2.45) is 0 Å². The van der Waals surface area contributed by atoms with Gasteiger partial charge in [-0.25, -0.2) is 14.0 Å². The summed E-state index contributed by atoms with van der Waals surface area (Å²) in [5.41, 5.74) is 1.94. The van der Waals surface area contributed by atoms with Gasteiger partial charge in [0.25, 0.3) is 0 Å². The number of hydrogen-bond donors (Lipinski definition) is 0. The van der Waals surface area contributed by atoms with Crippen LogP contribution in [-0.2, 0) is 13.1 Å². The number of nitrogens with zero attached hydrogens (tertiary/aromatic N) is 3. The third-order valence-electron chi connectivity index (χ3n) is 3.46. The highest BCUT2D eigenvalue weighted by molar-refractivity contribution is 7.71. The van der Waals surface area contributed by atoms with Crippen molar-refractivity contribution in [1.29, 1.82) is 0 Å². The summed E-state index contributed by atoms with van der Waals surface area (Å²) in [5, 5.41) is 0. The highest BCUT2D eigenvalue weighted by atomic mass is 32.1. The van der Waals surface area contributed by atoms with E-state index in [1.165, 1.54) is 0 Å². The summed E-state index contributed by atoms with van der Waals surface area (Å²) in [6, 6.07) is 7.85. The fourth-order valence-electron chi connectivity index (χ4n) is 2.50. The molecule has 0 saturated heterocycles. The molecule has 0 N–H and O–H groups in total. The minimum absolute atomic E-state index is 0.0194. The Balaban J connectivity index is 2.32. The van der Waals surface area contributed by atoms with Gasteiger partial charge in [0.05, 0.1) is 5.69 Å². The number of rotatable bonds is 1. The predicted octanol–water partition coefficient (Wildman–Crippen LogP) is 2.27. The van der Waals surface area contributed by atoms with Gasteiger partial charge in [0.1, 0.15) is 0 Å². The zero-order valence-electron chi connectivity index (χ0n) is 10.3. The van der Waals surface area contributed by atoms with Crippen molar-refractivity contribution in [2.75, 3.05) is 0 Å². The van der Waals surface area contributed by atoms with E-state index < -0.39 is 0 Å². The van der Waals surface area contributed by atoms with E-state index in [1.54, 1.807) is 9.25 Å². The molecule has 0 amide bonds. The Hall–Kier alpha value is -1.62. The van der Waals surface area contributed by atoms with Gasteiger partial charge in [-0.05, 0) is 43.6 Å².